The molecule has 1 heteroatoms. The lowest BCUT2D eigenvalue weighted by molar-refractivity contribution is 0.384. The average Bonchev–Trinajstić information content (AvgIpc) is 2.78. The van der Waals surface area contributed by atoms with Gasteiger partial charge < -0.3 is 0 Å². The summed E-state index contributed by atoms with van der Waals surface area (Å²) in [5, 5.41) is 0. The van der Waals surface area contributed by atoms with E-state index in [0.29, 0.717) is 11.8 Å². The van der Waals surface area contributed by atoms with Crippen molar-refractivity contribution < 1.29 is 4.39 Å². The topological polar surface area (TPSA) is 0 Å². The first-order valence-corrected chi connectivity index (χ1v) is 12.1. The fourth-order valence-corrected chi connectivity index (χ4v) is 4.49. The minimum Gasteiger partial charge on any atom is -0.207 e. The van der Waals surface area contributed by atoms with E-state index in [1.807, 2.05) is 12.1 Å². The number of hydrogen-bond acceptors (Lipinski definition) is 0. The number of hydrogen-bond donors (Lipinski definition) is 0. The smallest absolute Gasteiger partial charge is 0.127 e. The Balaban J connectivity index is 1.50. The molecule has 3 rings (SSSR count). The highest BCUT2D eigenvalue weighted by Gasteiger charge is 2.21. The molecule has 0 atom stereocenters. The molecule has 0 unspecified atom stereocenters. The molecular weight excluding hydrogens is 367 g/mol. The Hall–Kier alpha value is -2.07. The maximum absolute atomic E-state index is 14.2. The van der Waals surface area contributed by atoms with E-state index < -0.39 is 0 Å². The second-order valence-electron chi connectivity index (χ2n) is 8.93. The van der Waals surface area contributed by atoms with Crippen LogP contribution in [0.2, 0.25) is 0 Å². The Labute approximate surface area is 183 Å². The summed E-state index contributed by atoms with van der Waals surface area (Å²) in [6.45, 7) is 4.39. The molecule has 1 fully saturated rings. The van der Waals surface area contributed by atoms with Crippen molar-refractivity contribution in [2.24, 2.45) is 5.92 Å². The van der Waals surface area contributed by atoms with Gasteiger partial charge in [0.05, 0.1) is 0 Å². The van der Waals surface area contributed by atoms with Gasteiger partial charge in [0.1, 0.15) is 5.82 Å². The van der Waals surface area contributed by atoms with Crippen molar-refractivity contribution in [1.29, 1.82) is 0 Å². The van der Waals surface area contributed by atoms with Crippen LogP contribution in [0.15, 0.2) is 42.5 Å². The molecule has 0 saturated heterocycles. The summed E-state index contributed by atoms with van der Waals surface area (Å²) in [5.74, 6) is 7.67. The van der Waals surface area contributed by atoms with Gasteiger partial charge in [0, 0.05) is 11.5 Å². The summed E-state index contributed by atoms with van der Waals surface area (Å²) < 4.78 is 14.2. The Morgan fingerprint density at radius 2 is 1.57 bits per heavy atom. The average molecular weight is 405 g/mol. The fourth-order valence-electron chi connectivity index (χ4n) is 4.49. The number of unbranched alkanes of at least 4 members (excludes halogenated alkanes) is 3. The van der Waals surface area contributed by atoms with Crippen LogP contribution in [0.1, 0.15) is 99.8 Å². The predicted octanol–water partition coefficient (Wildman–Crippen LogP) is 8.23. The van der Waals surface area contributed by atoms with Crippen molar-refractivity contribution in [2.45, 2.75) is 90.4 Å². The molecule has 1 aliphatic rings. The molecule has 0 radical (unpaired) electrons. The summed E-state index contributed by atoms with van der Waals surface area (Å²) in [6.07, 6.45) is 12.8. The summed E-state index contributed by atoms with van der Waals surface area (Å²) in [4.78, 5) is 0. The Morgan fingerprint density at radius 3 is 2.23 bits per heavy atom. The second kappa shape index (κ2) is 11.9. The molecule has 0 N–H and O–H groups in total. The number of rotatable bonds is 8. The van der Waals surface area contributed by atoms with E-state index in [2.05, 4.69) is 50.0 Å². The van der Waals surface area contributed by atoms with E-state index >= 15 is 0 Å². The van der Waals surface area contributed by atoms with Gasteiger partial charge in [-0.1, -0.05) is 75.3 Å². The third-order valence-electron chi connectivity index (χ3n) is 6.52. The maximum atomic E-state index is 14.2. The van der Waals surface area contributed by atoms with Crippen molar-refractivity contribution in [3.63, 3.8) is 0 Å². The van der Waals surface area contributed by atoms with Gasteiger partial charge >= 0.3 is 0 Å². The lowest BCUT2D eigenvalue weighted by Crippen LogP contribution is -2.12. The standard InChI is InChI=1S/C29H37F/c1-3-5-7-8-23-12-17-26(18-13-23)27-19-14-24(15-20-27)10-11-25-16-21-28(9-6-4-2)29(30)22-25/h12-13,16-18,21-22,24,27H,3-9,14-15,19-20H2,1-2H3/t24-,27-. The van der Waals surface area contributed by atoms with Gasteiger partial charge in [-0.2, -0.15) is 0 Å². The van der Waals surface area contributed by atoms with Crippen LogP contribution in [0.4, 0.5) is 4.39 Å². The maximum Gasteiger partial charge on any atom is 0.127 e. The summed E-state index contributed by atoms with van der Waals surface area (Å²) >= 11 is 0. The zero-order chi connectivity index (χ0) is 21.2. The molecule has 0 heterocycles. The molecule has 160 valence electrons. The molecule has 0 aromatic heterocycles. The molecule has 0 spiro atoms. The summed E-state index contributed by atoms with van der Waals surface area (Å²) in [7, 11) is 0. The first-order chi connectivity index (χ1) is 14.7. The molecule has 1 saturated carbocycles. The monoisotopic (exact) mass is 404 g/mol. The van der Waals surface area contributed by atoms with Gasteiger partial charge in [0.2, 0.25) is 0 Å². The van der Waals surface area contributed by atoms with E-state index in [9.17, 15) is 4.39 Å². The highest BCUT2D eigenvalue weighted by atomic mass is 19.1. The molecular formula is C29H37F. The Morgan fingerprint density at radius 1 is 0.833 bits per heavy atom. The van der Waals surface area contributed by atoms with Crippen LogP contribution in [-0.2, 0) is 12.8 Å². The van der Waals surface area contributed by atoms with Gasteiger partial charge in [-0.15, -0.1) is 0 Å². The lowest BCUT2D eigenvalue weighted by atomic mass is 9.78. The van der Waals surface area contributed by atoms with E-state index in [0.717, 1.165) is 43.2 Å². The lowest BCUT2D eigenvalue weighted by Gasteiger charge is -2.26. The van der Waals surface area contributed by atoms with Gasteiger partial charge in [0.25, 0.3) is 0 Å². The van der Waals surface area contributed by atoms with Crippen LogP contribution in [0, 0.1) is 23.6 Å². The molecule has 2 aromatic rings. The summed E-state index contributed by atoms with van der Waals surface area (Å²) in [6, 6.07) is 14.9. The van der Waals surface area contributed by atoms with Crippen LogP contribution in [0.3, 0.4) is 0 Å². The SMILES string of the molecule is CCCCCc1ccc([C@H]2CC[C@H](C#Cc3ccc(CCCC)c(F)c3)CC2)cc1. The first kappa shape index (κ1) is 22.6. The number of halogens is 1. The minimum atomic E-state index is -0.0999. The Bertz CT molecular complexity index is 829. The van der Waals surface area contributed by atoms with Crippen LogP contribution in [0.25, 0.3) is 0 Å². The minimum absolute atomic E-state index is 0.0999. The molecule has 0 amide bonds. The zero-order valence-corrected chi connectivity index (χ0v) is 18.9. The van der Waals surface area contributed by atoms with E-state index in [4.69, 9.17) is 0 Å². The van der Waals surface area contributed by atoms with Crippen LogP contribution in [-0.4, -0.2) is 0 Å². The van der Waals surface area contributed by atoms with E-state index in [-0.39, 0.29) is 5.82 Å². The van der Waals surface area contributed by atoms with Crippen LogP contribution >= 0.6 is 0 Å². The van der Waals surface area contributed by atoms with Crippen molar-refractivity contribution >= 4 is 0 Å². The highest BCUT2D eigenvalue weighted by molar-refractivity contribution is 5.37. The van der Waals surface area contributed by atoms with Gasteiger partial charge in [-0.25, -0.2) is 4.39 Å². The van der Waals surface area contributed by atoms with Gasteiger partial charge in [0.15, 0.2) is 0 Å². The van der Waals surface area contributed by atoms with Crippen molar-refractivity contribution in [2.75, 3.05) is 0 Å². The summed E-state index contributed by atoms with van der Waals surface area (Å²) in [5.41, 5.74) is 4.60. The van der Waals surface area contributed by atoms with Crippen molar-refractivity contribution in [3.8, 4) is 11.8 Å². The molecule has 0 bridgehead atoms. The first-order valence-electron chi connectivity index (χ1n) is 12.1. The van der Waals surface area contributed by atoms with Gasteiger partial charge in [-0.3, -0.25) is 0 Å². The zero-order valence-electron chi connectivity index (χ0n) is 18.9. The van der Waals surface area contributed by atoms with Crippen LogP contribution in [0.5, 0.6) is 0 Å². The number of aryl methyl sites for hydroxylation is 2. The van der Waals surface area contributed by atoms with Gasteiger partial charge in [-0.05, 0) is 86.1 Å². The van der Waals surface area contributed by atoms with Crippen LogP contribution < -0.4 is 0 Å². The molecule has 1 aliphatic carbocycles. The molecule has 2 aromatic carbocycles. The Kier molecular flexibility index (Phi) is 9.00. The third kappa shape index (κ3) is 6.73. The normalized spacial score (nSPS) is 18.6. The predicted molar refractivity (Wildman–Crippen MR) is 126 cm³/mol. The second-order valence-corrected chi connectivity index (χ2v) is 8.93. The molecule has 30 heavy (non-hydrogen) atoms. The van der Waals surface area contributed by atoms with Crippen molar-refractivity contribution in [3.05, 3.63) is 70.5 Å². The molecule has 0 nitrogen and oxygen atoms in total. The van der Waals surface area contributed by atoms with Crippen molar-refractivity contribution in [1.82, 2.24) is 0 Å². The van der Waals surface area contributed by atoms with E-state index in [1.165, 1.54) is 49.7 Å². The fraction of sp³-hybridized carbons (Fsp3) is 0.517. The molecule has 0 aliphatic heterocycles. The van der Waals surface area contributed by atoms with E-state index in [1.54, 1.807) is 6.07 Å². The largest absolute Gasteiger partial charge is 0.207 e. The third-order valence-corrected chi connectivity index (χ3v) is 6.52. The highest BCUT2D eigenvalue weighted by Crippen LogP contribution is 2.35. The quantitative estimate of drug-likeness (QED) is 0.307. The number of benzene rings is 2.